The Bertz CT molecular complexity index is 443. The van der Waals surface area contributed by atoms with Gasteiger partial charge in [0, 0.05) is 19.5 Å². The summed E-state index contributed by atoms with van der Waals surface area (Å²) in [5.74, 6) is -4.62. The number of alkyl halides is 2. The summed E-state index contributed by atoms with van der Waals surface area (Å²) in [5.41, 5.74) is 0.798. The second-order valence-electron chi connectivity index (χ2n) is 4.16. The van der Waals surface area contributed by atoms with Crippen LogP contribution in [-0.4, -0.2) is 23.3 Å². The first-order chi connectivity index (χ1) is 9.01. The first-order valence-corrected chi connectivity index (χ1v) is 5.94. The summed E-state index contributed by atoms with van der Waals surface area (Å²) in [6.07, 6.45) is 1.83. The molecule has 102 valence electrons. The number of benzene rings is 1. The van der Waals surface area contributed by atoms with Crippen LogP contribution in [-0.2, 0) is 11.3 Å². The van der Waals surface area contributed by atoms with Gasteiger partial charge in [0.1, 0.15) is 0 Å². The van der Waals surface area contributed by atoms with Crippen molar-refractivity contribution in [3.8, 4) is 0 Å². The van der Waals surface area contributed by atoms with Gasteiger partial charge in [-0.25, -0.2) is 0 Å². The highest BCUT2D eigenvalue weighted by Crippen LogP contribution is 2.23. The number of allylic oxidation sites excluding steroid dienone is 1. The Kier molecular flexibility index (Phi) is 5.42. The second-order valence-corrected chi connectivity index (χ2v) is 4.16. The Hall–Kier alpha value is -1.97. The Labute approximate surface area is 112 Å². The van der Waals surface area contributed by atoms with E-state index in [-0.39, 0.29) is 13.1 Å². The third-order valence-electron chi connectivity index (χ3n) is 2.57. The molecule has 0 aromatic heterocycles. The topological polar surface area (TPSA) is 20.3 Å². The molecular formula is C15H17F2NO. The molecule has 0 bridgehead atoms. The van der Waals surface area contributed by atoms with E-state index in [0.717, 1.165) is 16.5 Å². The molecule has 0 aliphatic rings. The van der Waals surface area contributed by atoms with E-state index < -0.39 is 18.3 Å². The second kappa shape index (κ2) is 6.83. The van der Waals surface area contributed by atoms with Crippen LogP contribution in [0.4, 0.5) is 8.78 Å². The molecule has 0 N–H and O–H groups in total. The molecule has 0 aliphatic heterocycles. The summed E-state index contributed by atoms with van der Waals surface area (Å²) in [5, 5.41) is 0. The van der Waals surface area contributed by atoms with Gasteiger partial charge in [-0.3, -0.25) is 4.79 Å². The van der Waals surface area contributed by atoms with Gasteiger partial charge in [0.05, 0.1) is 0 Å². The molecule has 0 unspecified atom stereocenters. The minimum atomic E-state index is -3.42. The molecule has 0 atom stereocenters. The zero-order valence-electron chi connectivity index (χ0n) is 10.7. The van der Waals surface area contributed by atoms with Gasteiger partial charge in [0.25, 0.3) is 5.91 Å². The highest BCUT2D eigenvalue weighted by molar-refractivity contribution is 5.83. The maximum absolute atomic E-state index is 13.6. The van der Waals surface area contributed by atoms with Gasteiger partial charge in [-0.05, 0) is 5.56 Å². The van der Waals surface area contributed by atoms with Crippen molar-refractivity contribution in [2.45, 2.75) is 18.9 Å². The normalized spacial score (nSPS) is 10.8. The van der Waals surface area contributed by atoms with E-state index in [0.29, 0.717) is 0 Å². The Morgan fingerprint density at radius 1 is 1.21 bits per heavy atom. The smallest absolute Gasteiger partial charge is 0.328 e. The van der Waals surface area contributed by atoms with E-state index in [9.17, 15) is 13.6 Å². The third kappa shape index (κ3) is 4.32. The third-order valence-corrected chi connectivity index (χ3v) is 2.57. The van der Waals surface area contributed by atoms with E-state index in [4.69, 9.17) is 0 Å². The van der Waals surface area contributed by atoms with Crippen molar-refractivity contribution in [2.24, 2.45) is 0 Å². The van der Waals surface area contributed by atoms with Crippen molar-refractivity contribution in [1.29, 1.82) is 0 Å². The molecule has 0 radical (unpaired) electrons. The highest BCUT2D eigenvalue weighted by atomic mass is 19.3. The predicted molar refractivity (Wildman–Crippen MR) is 71.8 cm³/mol. The van der Waals surface area contributed by atoms with Crippen LogP contribution >= 0.6 is 0 Å². The van der Waals surface area contributed by atoms with Crippen molar-refractivity contribution >= 4 is 5.91 Å². The standard InChI is InChI=1S/C15H17F2NO/c1-3-10-15(16,17)14(19)18(11-4-2)12-13-8-6-5-7-9-13/h3-9H,1-2,10-12H2. The van der Waals surface area contributed by atoms with E-state index in [1.54, 1.807) is 24.3 Å². The monoisotopic (exact) mass is 265 g/mol. The first-order valence-electron chi connectivity index (χ1n) is 5.94. The number of hydrogen-bond acceptors (Lipinski definition) is 1. The predicted octanol–water partition coefficient (Wildman–Crippen LogP) is 3.41. The largest absolute Gasteiger partial charge is 0.329 e. The minimum Gasteiger partial charge on any atom is -0.329 e. The Morgan fingerprint density at radius 2 is 1.84 bits per heavy atom. The highest BCUT2D eigenvalue weighted by Gasteiger charge is 2.40. The van der Waals surface area contributed by atoms with Crippen molar-refractivity contribution in [3.05, 3.63) is 61.2 Å². The molecule has 4 heteroatoms. The van der Waals surface area contributed by atoms with Gasteiger partial charge >= 0.3 is 5.92 Å². The molecule has 0 fully saturated rings. The lowest BCUT2D eigenvalue weighted by atomic mass is 10.1. The van der Waals surface area contributed by atoms with Gasteiger partial charge in [-0.1, -0.05) is 42.5 Å². The molecule has 0 heterocycles. The molecule has 1 aromatic rings. The maximum atomic E-state index is 13.6. The first kappa shape index (κ1) is 15.1. The van der Waals surface area contributed by atoms with Crippen LogP contribution in [0.25, 0.3) is 0 Å². The number of nitrogens with zero attached hydrogens (tertiary/aromatic N) is 1. The van der Waals surface area contributed by atoms with Crippen molar-refractivity contribution in [1.82, 2.24) is 4.90 Å². The number of halogens is 2. The fourth-order valence-corrected chi connectivity index (χ4v) is 1.68. The zero-order valence-corrected chi connectivity index (χ0v) is 10.7. The van der Waals surface area contributed by atoms with E-state index >= 15 is 0 Å². The summed E-state index contributed by atoms with van der Waals surface area (Å²) in [6, 6.07) is 9.00. The van der Waals surface area contributed by atoms with Crippen LogP contribution in [0.1, 0.15) is 12.0 Å². The van der Waals surface area contributed by atoms with Gasteiger partial charge in [-0.2, -0.15) is 8.78 Å². The summed E-state index contributed by atoms with van der Waals surface area (Å²) >= 11 is 0. The molecular weight excluding hydrogens is 248 g/mol. The van der Waals surface area contributed by atoms with Crippen molar-refractivity contribution in [2.75, 3.05) is 6.54 Å². The number of hydrogen-bond donors (Lipinski definition) is 0. The molecule has 0 aliphatic carbocycles. The Morgan fingerprint density at radius 3 is 2.37 bits per heavy atom. The number of carbonyl (C=O) groups is 1. The van der Waals surface area contributed by atoms with E-state index in [2.05, 4.69) is 13.2 Å². The molecule has 0 saturated carbocycles. The van der Waals surface area contributed by atoms with Crippen molar-refractivity contribution in [3.63, 3.8) is 0 Å². The molecule has 2 nitrogen and oxygen atoms in total. The van der Waals surface area contributed by atoms with Gasteiger partial charge < -0.3 is 4.90 Å². The lowest BCUT2D eigenvalue weighted by Gasteiger charge is -2.25. The summed E-state index contributed by atoms with van der Waals surface area (Å²) < 4.78 is 27.2. The maximum Gasteiger partial charge on any atom is 0.328 e. The van der Waals surface area contributed by atoms with Crippen LogP contribution in [0.3, 0.4) is 0 Å². The number of rotatable bonds is 7. The zero-order chi connectivity index (χ0) is 14.3. The molecule has 1 aromatic carbocycles. The van der Waals surface area contributed by atoms with E-state index in [1.807, 2.05) is 6.07 Å². The van der Waals surface area contributed by atoms with Gasteiger partial charge in [0.15, 0.2) is 0 Å². The molecule has 19 heavy (non-hydrogen) atoms. The summed E-state index contributed by atoms with van der Waals surface area (Å²) in [7, 11) is 0. The van der Waals surface area contributed by atoms with Crippen LogP contribution in [0.15, 0.2) is 55.6 Å². The summed E-state index contributed by atoms with van der Waals surface area (Å²) in [6.45, 7) is 6.96. The fraction of sp³-hybridized carbons (Fsp3) is 0.267. The van der Waals surface area contributed by atoms with Crippen LogP contribution < -0.4 is 0 Å². The number of amides is 1. The summed E-state index contributed by atoms with van der Waals surface area (Å²) in [4.78, 5) is 12.9. The molecule has 1 amide bonds. The van der Waals surface area contributed by atoms with Gasteiger partial charge in [0.2, 0.25) is 0 Å². The van der Waals surface area contributed by atoms with Crippen LogP contribution in [0.2, 0.25) is 0 Å². The lowest BCUT2D eigenvalue weighted by molar-refractivity contribution is -0.157. The molecule has 1 rings (SSSR count). The van der Waals surface area contributed by atoms with Crippen LogP contribution in [0.5, 0.6) is 0 Å². The number of carbonyl (C=O) groups excluding carboxylic acids is 1. The SMILES string of the molecule is C=CCN(Cc1ccccc1)C(=O)C(F)(F)CC=C. The van der Waals surface area contributed by atoms with Crippen molar-refractivity contribution < 1.29 is 13.6 Å². The lowest BCUT2D eigenvalue weighted by Crippen LogP contribution is -2.43. The minimum absolute atomic E-state index is 0.0838. The molecule has 0 spiro atoms. The fourth-order valence-electron chi connectivity index (χ4n) is 1.68. The Balaban J connectivity index is 2.85. The molecule has 0 saturated heterocycles. The quantitative estimate of drug-likeness (QED) is 0.692. The average molecular weight is 265 g/mol. The van der Waals surface area contributed by atoms with Gasteiger partial charge in [-0.15, -0.1) is 13.2 Å². The average Bonchev–Trinajstić information content (AvgIpc) is 2.38. The van der Waals surface area contributed by atoms with Crippen LogP contribution in [0, 0.1) is 0 Å². The van der Waals surface area contributed by atoms with E-state index in [1.165, 1.54) is 6.08 Å².